The van der Waals surface area contributed by atoms with E-state index in [9.17, 15) is 9.59 Å². The highest BCUT2D eigenvalue weighted by Gasteiger charge is 2.31. The molecule has 0 radical (unpaired) electrons. The zero-order valence-electron chi connectivity index (χ0n) is 25.2. The number of hydrogen-bond acceptors (Lipinski definition) is 6. The maximum absolute atomic E-state index is 12.9. The molecule has 0 bridgehead atoms. The molecule has 10 nitrogen and oxygen atoms in total. The summed E-state index contributed by atoms with van der Waals surface area (Å²) in [5, 5.41) is 9.38. The average molecular weight is 698 g/mol. The van der Waals surface area contributed by atoms with E-state index >= 15 is 0 Å². The van der Waals surface area contributed by atoms with E-state index in [4.69, 9.17) is 11.6 Å². The Morgan fingerprint density at radius 3 is 2.04 bits per heavy atom. The number of hydrogen-bond donors (Lipinski definition) is 0. The van der Waals surface area contributed by atoms with Gasteiger partial charge in [-0.25, -0.2) is 9.03 Å². The molecule has 6 aromatic rings. The van der Waals surface area contributed by atoms with Crippen molar-refractivity contribution in [3.63, 3.8) is 0 Å². The van der Waals surface area contributed by atoms with Gasteiger partial charge in [0.15, 0.2) is 11.4 Å². The van der Waals surface area contributed by atoms with Crippen LogP contribution in [-0.2, 0) is 12.8 Å². The van der Waals surface area contributed by atoms with Gasteiger partial charge in [0, 0.05) is 54.7 Å². The predicted octanol–water partition coefficient (Wildman–Crippen LogP) is 6.39. The van der Waals surface area contributed by atoms with Crippen LogP contribution in [0.2, 0.25) is 5.02 Å². The van der Waals surface area contributed by atoms with E-state index in [1.54, 1.807) is 39.8 Å². The lowest BCUT2D eigenvalue weighted by molar-refractivity contribution is 0.0663. The Labute approximate surface area is 278 Å². The smallest absolute Gasteiger partial charge is 0.274 e. The molecule has 2 atom stereocenters. The van der Waals surface area contributed by atoms with E-state index in [1.165, 1.54) is 16.7 Å². The summed E-state index contributed by atoms with van der Waals surface area (Å²) in [6, 6.07) is 15.2. The molecule has 0 saturated carbocycles. The normalized spacial score (nSPS) is 17.3. The van der Waals surface area contributed by atoms with Gasteiger partial charge in [-0.2, -0.15) is 10.2 Å². The quantitative estimate of drug-likeness (QED) is 0.208. The number of amides is 2. The number of nitrogens with zero attached hydrogens (tertiary/aromatic N) is 8. The highest BCUT2D eigenvalue weighted by molar-refractivity contribution is 9.10. The minimum atomic E-state index is -0.0631. The maximum Gasteiger partial charge on any atom is 0.274 e. The first-order valence-corrected chi connectivity index (χ1v) is 16.2. The number of halogens is 2. The van der Waals surface area contributed by atoms with Crippen LogP contribution in [0.1, 0.15) is 69.2 Å². The molecule has 8 heterocycles. The highest BCUT2D eigenvalue weighted by atomic mass is 79.9. The summed E-state index contributed by atoms with van der Waals surface area (Å²) in [6.45, 7) is 5.47. The Morgan fingerprint density at radius 2 is 1.33 bits per heavy atom. The van der Waals surface area contributed by atoms with Gasteiger partial charge in [-0.15, -0.1) is 0 Å². The van der Waals surface area contributed by atoms with Crippen LogP contribution < -0.4 is 0 Å². The maximum atomic E-state index is 12.9. The number of rotatable bonds is 2. The lowest BCUT2D eigenvalue weighted by Gasteiger charge is -2.34. The molecule has 46 heavy (non-hydrogen) atoms. The van der Waals surface area contributed by atoms with Crippen molar-refractivity contribution in [2.45, 2.75) is 38.8 Å². The molecule has 2 unspecified atom stereocenters. The zero-order valence-corrected chi connectivity index (χ0v) is 27.6. The van der Waals surface area contributed by atoms with Crippen molar-refractivity contribution in [3.05, 3.63) is 129 Å². The second kappa shape index (κ2) is 12.3. The van der Waals surface area contributed by atoms with Gasteiger partial charge < -0.3 is 9.80 Å². The van der Waals surface area contributed by atoms with Crippen molar-refractivity contribution in [1.29, 1.82) is 0 Å². The van der Waals surface area contributed by atoms with Gasteiger partial charge in [0.25, 0.3) is 11.8 Å². The van der Waals surface area contributed by atoms with Crippen molar-refractivity contribution in [2.75, 3.05) is 13.1 Å². The fraction of sp³-hybridized carbons (Fsp3) is 0.235. The minimum Gasteiger partial charge on any atom is -0.330 e. The van der Waals surface area contributed by atoms with Crippen LogP contribution in [0.25, 0.3) is 11.0 Å². The fourth-order valence-corrected chi connectivity index (χ4v) is 6.76. The molecule has 0 aromatic carbocycles. The Bertz CT molecular complexity index is 1960. The molecule has 8 rings (SSSR count). The molecule has 6 aromatic heterocycles. The molecule has 0 N–H and O–H groups in total. The Kier molecular flexibility index (Phi) is 8.04. The zero-order chi connectivity index (χ0) is 31.9. The van der Waals surface area contributed by atoms with Gasteiger partial charge in [0.1, 0.15) is 0 Å². The SMILES string of the molecule is CC1c2ccncc2CCN1C(=O)c1cc2ccc(Br)cn2n1.CC1c2cnccc2CCN1C(=O)c1cc2ccc(Cl)cn2n1. The van der Waals surface area contributed by atoms with Crippen LogP contribution in [-0.4, -0.2) is 63.9 Å². The number of carbonyl (C=O) groups excluding carboxylic acids is 2. The van der Waals surface area contributed by atoms with Gasteiger partial charge in [-0.3, -0.25) is 19.6 Å². The van der Waals surface area contributed by atoms with Crippen LogP contribution >= 0.6 is 27.5 Å². The third-order valence-corrected chi connectivity index (χ3v) is 9.47. The monoisotopic (exact) mass is 696 g/mol. The molecule has 12 heteroatoms. The van der Waals surface area contributed by atoms with Crippen molar-refractivity contribution in [3.8, 4) is 0 Å². The number of pyridine rings is 4. The van der Waals surface area contributed by atoms with E-state index in [1.807, 2.05) is 71.7 Å². The third kappa shape index (κ3) is 5.65. The molecule has 0 aliphatic carbocycles. The van der Waals surface area contributed by atoms with Gasteiger partial charge in [0.2, 0.25) is 0 Å². The molecule has 232 valence electrons. The van der Waals surface area contributed by atoms with Crippen LogP contribution in [0.4, 0.5) is 0 Å². The second-order valence-electron chi connectivity index (χ2n) is 11.5. The molecule has 0 spiro atoms. The van der Waals surface area contributed by atoms with Crippen molar-refractivity contribution < 1.29 is 9.59 Å². The first kappa shape index (κ1) is 30.1. The third-order valence-electron chi connectivity index (χ3n) is 8.77. The number of aromatic nitrogens is 6. The van der Waals surface area contributed by atoms with Crippen molar-refractivity contribution >= 4 is 50.4 Å². The van der Waals surface area contributed by atoms with E-state index in [2.05, 4.69) is 43.0 Å². The topological polar surface area (TPSA) is 101 Å². The minimum absolute atomic E-state index is 0.00616. The van der Waals surface area contributed by atoms with E-state index in [0.29, 0.717) is 29.5 Å². The van der Waals surface area contributed by atoms with Gasteiger partial charge in [-0.1, -0.05) is 11.6 Å². The molecule has 0 saturated heterocycles. The summed E-state index contributed by atoms with van der Waals surface area (Å²) in [5.41, 5.74) is 7.44. The summed E-state index contributed by atoms with van der Waals surface area (Å²) in [4.78, 5) is 37.9. The van der Waals surface area contributed by atoms with Crippen LogP contribution in [0.15, 0.2) is 90.2 Å². The van der Waals surface area contributed by atoms with Gasteiger partial charge >= 0.3 is 0 Å². The van der Waals surface area contributed by atoms with Crippen LogP contribution in [0.3, 0.4) is 0 Å². The summed E-state index contributed by atoms with van der Waals surface area (Å²) in [7, 11) is 0. The van der Waals surface area contributed by atoms with Gasteiger partial charge in [0.05, 0.1) is 28.1 Å². The van der Waals surface area contributed by atoms with Crippen molar-refractivity contribution in [1.82, 2.24) is 39.0 Å². The predicted molar refractivity (Wildman–Crippen MR) is 178 cm³/mol. The van der Waals surface area contributed by atoms with Crippen LogP contribution in [0.5, 0.6) is 0 Å². The first-order chi connectivity index (χ1) is 22.3. The molecular weight excluding hydrogens is 668 g/mol. The lowest BCUT2D eigenvalue weighted by atomic mass is 9.95. The first-order valence-electron chi connectivity index (χ1n) is 15.0. The number of fused-ring (bicyclic) bond motifs is 4. The lowest BCUT2D eigenvalue weighted by Crippen LogP contribution is -2.39. The summed E-state index contributed by atoms with van der Waals surface area (Å²) in [5.74, 6) is -0.0911. The molecular formula is C34H30BrClN8O2. The van der Waals surface area contributed by atoms with E-state index in [0.717, 1.165) is 33.9 Å². The largest absolute Gasteiger partial charge is 0.330 e. The van der Waals surface area contributed by atoms with E-state index in [-0.39, 0.29) is 23.9 Å². The molecule has 2 aliphatic heterocycles. The van der Waals surface area contributed by atoms with Gasteiger partial charge in [-0.05, 0) is 113 Å². The Hall–Kier alpha value is -4.61. The Balaban J connectivity index is 0.000000147. The number of carbonyl (C=O) groups is 2. The summed E-state index contributed by atoms with van der Waals surface area (Å²) in [6.07, 6.45) is 12.6. The fourth-order valence-electron chi connectivity index (χ4n) is 6.28. The van der Waals surface area contributed by atoms with Crippen LogP contribution in [0, 0.1) is 0 Å². The molecule has 2 amide bonds. The Morgan fingerprint density at radius 1 is 0.739 bits per heavy atom. The summed E-state index contributed by atoms with van der Waals surface area (Å²) >= 11 is 9.39. The average Bonchev–Trinajstić information content (AvgIpc) is 3.69. The molecule has 2 aliphatic rings. The molecule has 0 fully saturated rings. The summed E-state index contributed by atoms with van der Waals surface area (Å²) < 4.78 is 4.29. The van der Waals surface area contributed by atoms with Crippen molar-refractivity contribution in [2.24, 2.45) is 0 Å². The van der Waals surface area contributed by atoms with E-state index < -0.39 is 0 Å². The second-order valence-corrected chi connectivity index (χ2v) is 12.8. The standard InChI is InChI=1S/C17H15BrN4O.C17H15ClN4O/c1-11-15-4-6-19-9-12(15)5-7-21(11)17(23)16-8-14-3-2-13(18)10-22(14)20-16;1-11-15-9-19-6-4-12(15)5-7-21(11)17(23)16-8-14-3-2-13(18)10-22(14)20-16/h2*2-4,6,8-11H,5,7H2,1H3. The highest BCUT2D eigenvalue weighted by Crippen LogP contribution is 2.31.